The molecule has 0 amide bonds. The average molecular weight is 513 g/mol. The highest BCUT2D eigenvalue weighted by Crippen LogP contribution is 2.13. The molecule has 218 valence electrons. The predicted molar refractivity (Wildman–Crippen MR) is 148 cm³/mol. The zero-order valence-corrected chi connectivity index (χ0v) is 25.8. The van der Waals surface area contributed by atoms with Crippen molar-refractivity contribution in [3.63, 3.8) is 0 Å². The molecule has 0 saturated heterocycles. The van der Waals surface area contributed by atoms with Crippen molar-refractivity contribution < 1.29 is 34.3 Å². The number of aliphatic hydroxyl groups excluding tert-OH is 3. The van der Waals surface area contributed by atoms with E-state index in [1.165, 1.54) is 0 Å². The van der Waals surface area contributed by atoms with Gasteiger partial charge in [0.2, 0.25) is 0 Å². The molecule has 7 heteroatoms. The smallest absolute Gasteiger partial charge is 0.0745 e. The summed E-state index contributed by atoms with van der Waals surface area (Å²) in [6.07, 6.45) is 1.41. The van der Waals surface area contributed by atoms with E-state index in [1.54, 1.807) is 13.8 Å². The lowest BCUT2D eigenvalue weighted by Gasteiger charge is -2.19. The third kappa shape index (κ3) is 55.5. The fourth-order valence-electron chi connectivity index (χ4n) is 1.71. The highest BCUT2D eigenvalue weighted by Gasteiger charge is 2.10. The van der Waals surface area contributed by atoms with Crippen LogP contribution in [-0.4, -0.2) is 85.0 Å². The molecule has 3 atom stereocenters. The number of ether oxygens (including phenoxy) is 4. The van der Waals surface area contributed by atoms with Crippen molar-refractivity contribution in [1.82, 2.24) is 0 Å². The van der Waals surface area contributed by atoms with Gasteiger partial charge in [0.05, 0.1) is 63.1 Å². The number of hydrogen-bond donors (Lipinski definition) is 3. The SMILES string of the molecule is CC(C)OCC(C)(C)C.CC(C)OC[C@@H](C)O.CC(O)COC(C)C.CCC(CO)COC(C)C. The first-order chi connectivity index (χ1) is 15.9. The third-order valence-corrected chi connectivity index (χ3v) is 3.69. The summed E-state index contributed by atoms with van der Waals surface area (Å²) in [6, 6.07) is 0. The molecule has 0 fully saturated rings. The molecule has 0 aromatic heterocycles. The lowest BCUT2D eigenvalue weighted by molar-refractivity contribution is 0.0134. The minimum Gasteiger partial charge on any atom is -0.396 e. The number of aliphatic hydroxyl groups is 3. The van der Waals surface area contributed by atoms with Crippen LogP contribution in [-0.2, 0) is 18.9 Å². The average Bonchev–Trinajstić information content (AvgIpc) is 2.71. The van der Waals surface area contributed by atoms with Crippen molar-refractivity contribution in [3.8, 4) is 0 Å². The summed E-state index contributed by atoms with van der Waals surface area (Å²) >= 11 is 0. The van der Waals surface area contributed by atoms with Crippen LogP contribution in [0.2, 0.25) is 0 Å². The summed E-state index contributed by atoms with van der Waals surface area (Å²) in [5, 5.41) is 26.1. The van der Waals surface area contributed by atoms with E-state index < -0.39 is 0 Å². The van der Waals surface area contributed by atoms with E-state index in [0.29, 0.717) is 37.3 Å². The van der Waals surface area contributed by atoms with E-state index in [-0.39, 0.29) is 37.1 Å². The fourth-order valence-corrected chi connectivity index (χ4v) is 1.71. The second kappa shape index (κ2) is 26.8. The Morgan fingerprint density at radius 3 is 1.03 bits per heavy atom. The van der Waals surface area contributed by atoms with Crippen LogP contribution in [0, 0.1) is 11.3 Å². The van der Waals surface area contributed by atoms with Crippen LogP contribution in [0.5, 0.6) is 0 Å². The third-order valence-electron chi connectivity index (χ3n) is 3.69. The van der Waals surface area contributed by atoms with Gasteiger partial charge >= 0.3 is 0 Å². The van der Waals surface area contributed by atoms with Crippen LogP contribution in [0.4, 0.5) is 0 Å². The van der Waals surface area contributed by atoms with E-state index in [4.69, 9.17) is 34.3 Å². The van der Waals surface area contributed by atoms with E-state index in [0.717, 1.165) is 13.0 Å². The molecule has 0 heterocycles. The molecular weight excluding hydrogens is 448 g/mol. The summed E-state index contributed by atoms with van der Waals surface area (Å²) in [5.41, 5.74) is 0.310. The predicted octanol–water partition coefficient (Wildman–Crippen LogP) is 5.47. The van der Waals surface area contributed by atoms with Crippen molar-refractivity contribution in [1.29, 1.82) is 0 Å². The van der Waals surface area contributed by atoms with Gasteiger partial charge < -0.3 is 34.3 Å². The maximum atomic E-state index is 8.76. The molecule has 35 heavy (non-hydrogen) atoms. The van der Waals surface area contributed by atoms with Gasteiger partial charge in [-0.2, -0.15) is 0 Å². The first-order valence-electron chi connectivity index (χ1n) is 13.3. The molecule has 0 aliphatic rings. The fraction of sp³-hybridized carbons (Fsp3) is 1.00. The Kier molecular flexibility index (Phi) is 32.0. The molecule has 0 aliphatic carbocycles. The normalized spacial score (nSPS) is 14.0. The summed E-state index contributed by atoms with van der Waals surface area (Å²) < 4.78 is 20.8. The lowest BCUT2D eigenvalue weighted by Crippen LogP contribution is -2.17. The first-order valence-corrected chi connectivity index (χ1v) is 13.3. The summed E-state index contributed by atoms with van der Waals surface area (Å²) in [6.45, 7) is 30.6. The van der Waals surface area contributed by atoms with Crippen LogP contribution < -0.4 is 0 Å². The second-order valence-corrected chi connectivity index (χ2v) is 11.2. The van der Waals surface area contributed by atoms with Gasteiger partial charge in [0.1, 0.15) is 0 Å². The minimum atomic E-state index is -0.336. The zero-order valence-electron chi connectivity index (χ0n) is 25.8. The Hall–Kier alpha value is -0.280. The first kappa shape index (κ1) is 41.8. The van der Waals surface area contributed by atoms with Crippen molar-refractivity contribution in [2.75, 3.05) is 33.0 Å². The maximum Gasteiger partial charge on any atom is 0.0745 e. The Bertz CT molecular complexity index is 353. The van der Waals surface area contributed by atoms with Crippen molar-refractivity contribution in [2.24, 2.45) is 11.3 Å². The monoisotopic (exact) mass is 512 g/mol. The molecule has 3 N–H and O–H groups in total. The molecule has 0 aromatic rings. The van der Waals surface area contributed by atoms with Crippen LogP contribution >= 0.6 is 0 Å². The van der Waals surface area contributed by atoms with Crippen LogP contribution in [0.3, 0.4) is 0 Å². The Labute approximate surface area is 218 Å². The molecule has 0 saturated carbocycles. The molecule has 0 radical (unpaired) electrons. The van der Waals surface area contributed by atoms with Crippen LogP contribution in [0.1, 0.15) is 103 Å². The maximum absolute atomic E-state index is 8.76. The Morgan fingerprint density at radius 2 is 0.886 bits per heavy atom. The lowest BCUT2D eigenvalue weighted by atomic mass is 9.99. The molecule has 0 spiro atoms. The summed E-state index contributed by atoms with van der Waals surface area (Å²) in [4.78, 5) is 0. The van der Waals surface area contributed by atoms with E-state index in [2.05, 4.69) is 41.5 Å². The molecule has 0 bridgehead atoms. The van der Waals surface area contributed by atoms with Crippen LogP contribution in [0.25, 0.3) is 0 Å². The molecule has 7 nitrogen and oxygen atoms in total. The van der Waals surface area contributed by atoms with Gasteiger partial charge in [-0.05, 0) is 81.1 Å². The van der Waals surface area contributed by atoms with E-state index >= 15 is 0 Å². The van der Waals surface area contributed by atoms with Gasteiger partial charge in [-0.25, -0.2) is 0 Å². The second-order valence-electron chi connectivity index (χ2n) is 11.2. The standard InChI is InChI=1S/C8H18O2.C8H18O.2C6H14O2/c1-4-8(5-9)6-10-7(2)3;1-7(2)9-6-8(3,4)5;2*1-5(2)8-4-6(3)7/h7-9H,4-6H2,1-3H3;7H,6H2,1-5H3;2*5-7H,4H2,1-3H3/t;;6-;/m..1./s1. The largest absolute Gasteiger partial charge is 0.396 e. The van der Waals surface area contributed by atoms with Gasteiger partial charge in [-0.15, -0.1) is 0 Å². The summed E-state index contributed by atoms with van der Waals surface area (Å²) in [7, 11) is 0. The highest BCUT2D eigenvalue weighted by atomic mass is 16.5. The number of rotatable bonds is 13. The molecule has 0 aliphatic heterocycles. The Morgan fingerprint density at radius 1 is 0.571 bits per heavy atom. The van der Waals surface area contributed by atoms with E-state index in [9.17, 15) is 0 Å². The van der Waals surface area contributed by atoms with Gasteiger partial charge in [-0.3, -0.25) is 0 Å². The topological polar surface area (TPSA) is 97.6 Å². The van der Waals surface area contributed by atoms with Crippen molar-refractivity contribution in [2.45, 2.75) is 140 Å². The van der Waals surface area contributed by atoms with Crippen LogP contribution in [0.15, 0.2) is 0 Å². The quantitative estimate of drug-likeness (QED) is 0.301. The Balaban J connectivity index is -0.000000184. The summed E-state index contributed by atoms with van der Waals surface area (Å²) in [5.74, 6) is 0.322. The van der Waals surface area contributed by atoms with Gasteiger partial charge in [0, 0.05) is 12.5 Å². The van der Waals surface area contributed by atoms with Crippen molar-refractivity contribution in [3.05, 3.63) is 0 Å². The number of hydrogen-bond acceptors (Lipinski definition) is 7. The highest BCUT2D eigenvalue weighted by molar-refractivity contribution is 4.59. The molecular formula is C28H64O7. The molecule has 0 aromatic carbocycles. The minimum absolute atomic E-state index is 0.226. The molecule has 0 rings (SSSR count). The molecule has 2 unspecified atom stereocenters. The van der Waals surface area contributed by atoms with Crippen molar-refractivity contribution >= 4 is 0 Å². The van der Waals surface area contributed by atoms with Gasteiger partial charge in [0.15, 0.2) is 0 Å². The van der Waals surface area contributed by atoms with E-state index in [1.807, 2.05) is 41.5 Å². The zero-order chi connectivity index (χ0) is 28.6. The van der Waals surface area contributed by atoms with Gasteiger partial charge in [-0.1, -0.05) is 27.7 Å². The van der Waals surface area contributed by atoms with Gasteiger partial charge in [0.25, 0.3) is 0 Å².